The Morgan fingerprint density at radius 2 is 1.95 bits per heavy atom. The molecule has 1 saturated heterocycles. The predicted molar refractivity (Wildman–Crippen MR) is 79.2 cm³/mol. The van der Waals surface area contributed by atoms with Gasteiger partial charge in [0, 0.05) is 25.6 Å². The van der Waals surface area contributed by atoms with Crippen LogP contribution < -0.4 is 5.32 Å². The molecule has 4 nitrogen and oxygen atoms in total. The Morgan fingerprint density at radius 3 is 2.60 bits per heavy atom. The SMILES string of the molecule is CCCCN1CC(C(=O)NC2CCCCCC2)CC1=O. The Kier molecular flexibility index (Phi) is 5.86. The minimum atomic E-state index is -0.123. The lowest BCUT2D eigenvalue weighted by molar-refractivity contribution is -0.129. The van der Waals surface area contributed by atoms with Gasteiger partial charge in [0.15, 0.2) is 0 Å². The van der Waals surface area contributed by atoms with Crippen LogP contribution in [0.4, 0.5) is 0 Å². The van der Waals surface area contributed by atoms with Crippen molar-refractivity contribution in [3.05, 3.63) is 0 Å². The normalized spacial score (nSPS) is 24.8. The highest BCUT2D eigenvalue weighted by Gasteiger charge is 2.34. The molecule has 1 saturated carbocycles. The van der Waals surface area contributed by atoms with Crippen LogP contribution in [-0.4, -0.2) is 35.8 Å². The molecule has 1 heterocycles. The second kappa shape index (κ2) is 7.65. The predicted octanol–water partition coefficient (Wildman–Crippen LogP) is 2.47. The summed E-state index contributed by atoms with van der Waals surface area (Å²) in [6, 6.07) is 0.338. The first-order valence-corrected chi connectivity index (χ1v) is 8.29. The summed E-state index contributed by atoms with van der Waals surface area (Å²) in [4.78, 5) is 26.1. The molecular formula is C16H28N2O2. The van der Waals surface area contributed by atoms with Crippen molar-refractivity contribution in [2.45, 2.75) is 70.8 Å². The monoisotopic (exact) mass is 280 g/mol. The molecule has 1 unspecified atom stereocenters. The number of amides is 2. The summed E-state index contributed by atoms with van der Waals surface area (Å²) in [6.45, 7) is 3.55. The van der Waals surface area contributed by atoms with Crippen LogP contribution in [0.15, 0.2) is 0 Å². The van der Waals surface area contributed by atoms with Crippen LogP contribution in [-0.2, 0) is 9.59 Å². The minimum Gasteiger partial charge on any atom is -0.353 e. The van der Waals surface area contributed by atoms with Crippen LogP contribution in [0.1, 0.15) is 64.7 Å². The molecule has 2 amide bonds. The maximum Gasteiger partial charge on any atom is 0.225 e. The number of carbonyl (C=O) groups is 2. The Morgan fingerprint density at radius 1 is 1.25 bits per heavy atom. The van der Waals surface area contributed by atoms with E-state index in [9.17, 15) is 9.59 Å². The standard InChI is InChI=1S/C16H28N2O2/c1-2-3-10-18-12-13(11-15(18)19)16(20)17-14-8-6-4-5-7-9-14/h13-14H,2-12H2,1H3,(H,17,20). The minimum absolute atomic E-state index is 0.101. The van der Waals surface area contributed by atoms with E-state index >= 15 is 0 Å². The molecular weight excluding hydrogens is 252 g/mol. The van der Waals surface area contributed by atoms with E-state index in [1.54, 1.807) is 0 Å². The van der Waals surface area contributed by atoms with Crippen molar-refractivity contribution in [3.63, 3.8) is 0 Å². The van der Waals surface area contributed by atoms with Crippen molar-refractivity contribution in [2.75, 3.05) is 13.1 Å². The lowest BCUT2D eigenvalue weighted by Gasteiger charge is -2.19. The van der Waals surface area contributed by atoms with Crippen molar-refractivity contribution in [1.29, 1.82) is 0 Å². The van der Waals surface area contributed by atoms with Crippen molar-refractivity contribution in [3.8, 4) is 0 Å². The van der Waals surface area contributed by atoms with Crippen LogP contribution in [0.2, 0.25) is 0 Å². The summed E-state index contributed by atoms with van der Waals surface area (Å²) >= 11 is 0. The van der Waals surface area contributed by atoms with E-state index in [-0.39, 0.29) is 17.7 Å². The number of hydrogen-bond donors (Lipinski definition) is 1. The van der Waals surface area contributed by atoms with Crippen molar-refractivity contribution in [2.24, 2.45) is 5.92 Å². The molecule has 0 radical (unpaired) electrons. The average Bonchev–Trinajstić information content (AvgIpc) is 2.64. The molecule has 1 N–H and O–H groups in total. The third-order valence-electron chi connectivity index (χ3n) is 4.57. The molecule has 2 aliphatic rings. The van der Waals surface area contributed by atoms with E-state index in [2.05, 4.69) is 12.2 Å². The molecule has 2 rings (SSSR count). The van der Waals surface area contributed by atoms with E-state index in [0.717, 1.165) is 32.2 Å². The quantitative estimate of drug-likeness (QED) is 0.787. The number of rotatable bonds is 5. The highest BCUT2D eigenvalue weighted by molar-refractivity contribution is 5.89. The summed E-state index contributed by atoms with van der Waals surface area (Å²) in [5, 5.41) is 3.18. The van der Waals surface area contributed by atoms with Crippen LogP contribution in [0.25, 0.3) is 0 Å². The molecule has 20 heavy (non-hydrogen) atoms. The van der Waals surface area contributed by atoms with E-state index < -0.39 is 0 Å². The van der Waals surface area contributed by atoms with E-state index in [1.807, 2.05) is 4.90 Å². The van der Waals surface area contributed by atoms with Gasteiger partial charge in [-0.3, -0.25) is 9.59 Å². The van der Waals surface area contributed by atoms with Gasteiger partial charge >= 0.3 is 0 Å². The highest BCUT2D eigenvalue weighted by atomic mass is 16.2. The maximum atomic E-state index is 12.3. The summed E-state index contributed by atoms with van der Waals surface area (Å²) in [5.74, 6) is 0.131. The van der Waals surface area contributed by atoms with Crippen LogP contribution in [0.5, 0.6) is 0 Å². The first-order valence-electron chi connectivity index (χ1n) is 8.29. The van der Waals surface area contributed by atoms with Crippen molar-refractivity contribution >= 4 is 11.8 Å². The molecule has 1 atom stereocenters. The molecule has 2 fully saturated rings. The van der Waals surface area contributed by atoms with Crippen LogP contribution in [0, 0.1) is 5.92 Å². The Labute approximate surface area is 122 Å². The summed E-state index contributed by atoms with van der Waals surface area (Å²) in [6.07, 6.45) is 9.75. The van der Waals surface area contributed by atoms with Crippen molar-refractivity contribution in [1.82, 2.24) is 10.2 Å². The summed E-state index contributed by atoms with van der Waals surface area (Å²) < 4.78 is 0. The third kappa shape index (κ3) is 4.22. The van der Waals surface area contributed by atoms with E-state index in [4.69, 9.17) is 0 Å². The first-order chi connectivity index (χ1) is 9.70. The Bertz CT molecular complexity index is 335. The number of nitrogens with one attached hydrogen (secondary N) is 1. The summed E-state index contributed by atoms with van der Waals surface area (Å²) in [5.41, 5.74) is 0. The summed E-state index contributed by atoms with van der Waals surface area (Å²) in [7, 11) is 0. The van der Waals surface area contributed by atoms with Gasteiger partial charge in [-0.15, -0.1) is 0 Å². The van der Waals surface area contributed by atoms with Gasteiger partial charge < -0.3 is 10.2 Å². The fourth-order valence-electron chi connectivity index (χ4n) is 3.26. The van der Waals surface area contributed by atoms with Crippen LogP contribution >= 0.6 is 0 Å². The maximum absolute atomic E-state index is 12.3. The van der Waals surface area contributed by atoms with Gasteiger partial charge in [-0.2, -0.15) is 0 Å². The zero-order valence-corrected chi connectivity index (χ0v) is 12.7. The van der Waals surface area contributed by atoms with Crippen molar-refractivity contribution < 1.29 is 9.59 Å². The smallest absolute Gasteiger partial charge is 0.225 e. The fraction of sp³-hybridized carbons (Fsp3) is 0.875. The number of unbranched alkanes of at least 4 members (excludes halogenated alkanes) is 1. The topological polar surface area (TPSA) is 49.4 Å². The van der Waals surface area contributed by atoms with Crippen LogP contribution in [0.3, 0.4) is 0 Å². The molecule has 0 bridgehead atoms. The molecule has 114 valence electrons. The molecule has 1 aliphatic carbocycles. The van der Waals surface area contributed by atoms with Gasteiger partial charge in [-0.05, 0) is 19.3 Å². The lowest BCUT2D eigenvalue weighted by atomic mass is 10.0. The van der Waals surface area contributed by atoms with E-state index in [0.29, 0.717) is 19.0 Å². The number of carbonyl (C=O) groups excluding carboxylic acids is 2. The molecule has 0 aromatic heterocycles. The molecule has 0 aromatic rings. The zero-order valence-electron chi connectivity index (χ0n) is 12.7. The van der Waals surface area contributed by atoms with E-state index in [1.165, 1.54) is 25.7 Å². The Balaban J connectivity index is 1.79. The average molecular weight is 280 g/mol. The fourth-order valence-corrected chi connectivity index (χ4v) is 3.26. The number of nitrogens with zero attached hydrogens (tertiary/aromatic N) is 1. The van der Waals surface area contributed by atoms with Gasteiger partial charge in [-0.25, -0.2) is 0 Å². The lowest BCUT2D eigenvalue weighted by Crippen LogP contribution is -2.39. The second-order valence-electron chi connectivity index (χ2n) is 6.29. The molecule has 0 spiro atoms. The molecule has 0 aromatic carbocycles. The van der Waals surface area contributed by atoms with Gasteiger partial charge in [-0.1, -0.05) is 39.0 Å². The first kappa shape index (κ1) is 15.3. The molecule has 4 heteroatoms. The zero-order chi connectivity index (χ0) is 14.4. The van der Waals surface area contributed by atoms with Gasteiger partial charge in [0.25, 0.3) is 0 Å². The second-order valence-corrected chi connectivity index (χ2v) is 6.29. The Hall–Kier alpha value is -1.06. The van der Waals surface area contributed by atoms with Gasteiger partial charge in [0.1, 0.15) is 0 Å². The van der Waals surface area contributed by atoms with Gasteiger partial charge in [0.05, 0.1) is 5.92 Å². The largest absolute Gasteiger partial charge is 0.353 e. The van der Waals surface area contributed by atoms with Gasteiger partial charge in [0.2, 0.25) is 11.8 Å². The molecule has 1 aliphatic heterocycles. The highest BCUT2D eigenvalue weighted by Crippen LogP contribution is 2.21. The number of hydrogen-bond acceptors (Lipinski definition) is 2. The number of likely N-dealkylation sites (tertiary alicyclic amines) is 1. The third-order valence-corrected chi connectivity index (χ3v) is 4.57.